The number of hydrogen-bond donors (Lipinski definition) is 0. The summed E-state index contributed by atoms with van der Waals surface area (Å²) in [4.78, 5) is 14.6. The Morgan fingerprint density at radius 1 is 1.27 bits per heavy atom. The number of carbonyl (C=O) groups excluding carboxylic acids is 1. The summed E-state index contributed by atoms with van der Waals surface area (Å²) in [5.41, 5.74) is 3.13. The van der Waals surface area contributed by atoms with Crippen molar-refractivity contribution in [3.8, 4) is 11.3 Å². The first-order valence-corrected chi connectivity index (χ1v) is 8.58. The highest BCUT2D eigenvalue weighted by Crippen LogP contribution is 2.23. The van der Waals surface area contributed by atoms with Crippen LogP contribution in [0.25, 0.3) is 11.3 Å². The number of halogens is 1. The molecular weight excluding hydrogens is 333 g/mol. The van der Waals surface area contributed by atoms with Gasteiger partial charge in [-0.25, -0.2) is 4.39 Å². The lowest BCUT2D eigenvalue weighted by molar-refractivity contribution is 0.0450. The van der Waals surface area contributed by atoms with Crippen LogP contribution in [0.5, 0.6) is 0 Å². The highest BCUT2D eigenvalue weighted by molar-refractivity contribution is 5.94. The number of amides is 1. The van der Waals surface area contributed by atoms with E-state index in [-0.39, 0.29) is 11.7 Å². The summed E-state index contributed by atoms with van der Waals surface area (Å²) >= 11 is 0. The molecule has 134 valence electrons. The number of aryl methyl sites for hydroxylation is 2. The van der Waals surface area contributed by atoms with Gasteiger partial charge in [0, 0.05) is 44.4 Å². The molecule has 0 N–H and O–H groups in total. The molecule has 1 amide bonds. The summed E-state index contributed by atoms with van der Waals surface area (Å²) in [6.07, 6.45) is 3.86. The highest BCUT2D eigenvalue weighted by Gasteiger charge is 2.33. The molecule has 0 saturated carbocycles. The van der Waals surface area contributed by atoms with Crippen molar-refractivity contribution in [3.05, 3.63) is 59.8 Å². The predicted octanol–water partition coefficient (Wildman–Crippen LogP) is 2.50. The molecule has 0 spiro atoms. The first-order chi connectivity index (χ1) is 12.5. The van der Waals surface area contributed by atoms with E-state index in [9.17, 15) is 9.18 Å². The number of carbonyl (C=O) groups is 1. The van der Waals surface area contributed by atoms with Crippen LogP contribution in [-0.4, -0.2) is 43.5 Å². The second kappa shape index (κ2) is 6.40. The lowest BCUT2D eigenvalue weighted by atomic mass is 9.99. The summed E-state index contributed by atoms with van der Waals surface area (Å²) in [6.45, 7) is 4.27. The Kier molecular flexibility index (Phi) is 4.06. The molecule has 1 saturated heterocycles. The quantitative estimate of drug-likeness (QED) is 0.724. The molecule has 3 aromatic rings. The molecule has 1 aliphatic rings. The van der Waals surface area contributed by atoms with Gasteiger partial charge in [0.1, 0.15) is 11.5 Å². The van der Waals surface area contributed by atoms with E-state index in [1.807, 2.05) is 28.9 Å². The molecule has 0 unspecified atom stereocenters. The average Bonchev–Trinajstić information content (AvgIpc) is 3.16. The molecule has 2 aromatic heterocycles. The van der Waals surface area contributed by atoms with Crippen LogP contribution in [-0.2, 0) is 13.6 Å². The van der Waals surface area contributed by atoms with Crippen LogP contribution in [0.15, 0.2) is 42.7 Å². The minimum Gasteiger partial charge on any atom is -0.336 e. The van der Waals surface area contributed by atoms with Gasteiger partial charge in [-0.05, 0) is 42.8 Å². The molecule has 0 radical (unpaired) electrons. The van der Waals surface area contributed by atoms with Crippen molar-refractivity contribution in [2.45, 2.75) is 13.5 Å². The van der Waals surface area contributed by atoms with E-state index in [0.717, 1.165) is 30.8 Å². The molecule has 1 fully saturated rings. The van der Waals surface area contributed by atoms with Crippen LogP contribution in [0, 0.1) is 18.7 Å². The van der Waals surface area contributed by atoms with Gasteiger partial charge in [0.15, 0.2) is 0 Å². The van der Waals surface area contributed by atoms with Crippen molar-refractivity contribution in [1.29, 1.82) is 0 Å². The maximum absolute atomic E-state index is 13.1. The Morgan fingerprint density at radius 3 is 2.65 bits per heavy atom. The molecule has 1 aliphatic heterocycles. The number of nitrogens with zero attached hydrogens (tertiary/aromatic N) is 5. The zero-order valence-electron chi connectivity index (χ0n) is 14.8. The van der Waals surface area contributed by atoms with Crippen LogP contribution in [0.1, 0.15) is 16.1 Å². The number of hydrogen-bond acceptors (Lipinski definition) is 3. The minimum absolute atomic E-state index is 0.0266. The third-order valence-electron chi connectivity index (χ3n) is 4.69. The van der Waals surface area contributed by atoms with E-state index >= 15 is 0 Å². The Bertz CT molecular complexity index is 937. The standard InChI is InChI=1S/C19H20FN5O/c1-13-8-21-25(9-13)12-14-10-24(11-14)19(26)18-7-17(22-23(18)2)15-3-5-16(20)6-4-15/h3-9,14H,10-12H2,1-2H3. The van der Waals surface area contributed by atoms with Crippen LogP contribution in [0.3, 0.4) is 0 Å². The first-order valence-electron chi connectivity index (χ1n) is 8.58. The van der Waals surface area contributed by atoms with E-state index in [1.54, 1.807) is 29.9 Å². The third kappa shape index (κ3) is 3.12. The maximum Gasteiger partial charge on any atom is 0.272 e. The maximum atomic E-state index is 13.1. The van der Waals surface area contributed by atoms with Gasteiger partial charge in [-0.15, -0.1) is 0 Å². The van der Waals surface area contributed by atoms with Gasteiger partial charge in [-0.3, -0.25) is 14.2 Å². The third-order valence-corrected chi connectivity index (χ3v) is 4.69. The molecule has 6 nitrogen and oxygen atoms in total. The van der Waals surface area contributed by atoms with Crippen molar-refractivity contribution < 1.29 is 9.18 Å². The predicted molar refractivity (Wildman–Crippen MR) is 95.0 cm³/mol. The van der Waals surface area contributed by atoms with E-state index in [0.29, 0.717) is 17.3 Å². The molecule has 3 heterocycles. The lowest BCUT2D eigenvalue weighted by Gasteiger charge is -2.39. The fourth-order valence-corrected chi connectivity index (χ4v) is 3.27. The fourth-order valence-electron chi connectivity index (χ4n) is 3.27. The smallest absolute Gasteiger partial charge is 0.272 e. The summed E-state index contributed by atoms with van der Waals surface area (Å²) in [7, 11) is 1.75. The van der Waals surface area contributed by atoms with Gasteiger partial charge in [0.05, 0.1) is 11.9 Å². The van der Waals surface area contributed by atoms with Crippen molar-refractivity contribution in [2.24, 2.45) is 13.0 Å². The molecule has 7 heteroatoms. The van der Waals surface area contributed by atoms with Gasteiger partial charge in [0.2, 0.25) is 0 Å². The molecule has 4 rings (SSSR count). The van der Waals surface area contributed by atoms with Gasteiger partial charge in [0.25, 0.3) is 5.91 Å². The zero-order valence-corrected chi connectivity index (χ0v) is 14.8. The summed E-state index contributed by atoms with van der Waals surface area (Å²) < 4.78 is 16.6. The topological polar surface area (TPSA) is 56.0 Å². The Morgan fingerprint density at radius 2 is 2.00 bits per heavy atom. The Balaban J connectivity index is 1.42. The summed E-state index contributed by atoms with van der Waals surface area (Å²) in [5.74, 6) is 0.101. The molecular formula is C19H20FN5O. The van der Waals surface area contributed by atoms with E-state index < -0.39 is 0 Å². The second-order valence-corrected chi connectivity index (χ2v) is 6.86. The Labute approximate surface area is 150 Å². The SMILES string of the molecule is Cc1cnn(CC2CN(C(=O)c3cc(-c4ccc(F)cc4)nn3C)C2)c1. The monoisotopic (exact) mass is 353 g/mol. The Hall–Kier alpha value is -2.96. The van der Waals surface area contributed by atoms with Crippen LogP contribution in [0.4, 0.5) is 4.39 Å². The summed E-state index contributed by atoms with van der Waals surface area (Å²) in [6, 6.07) is 7.88. The molecule has 0 aliphatic carbocycles. The second-order valence-electron chi connectivity index (χ2n) is 6.86. The van der Waals surface area contributed by atoms with Crippen LogP contribution >= 0.6 is 0 Å². The molecule has 0 bridgehead atoms. The van der Waals surface area contributed by atoms with Crippen molar-refractivity contribution in [1.82, 2.24) is 24.5 Å². The molecule has 1 aromatic carbocycles. The molecule has 26 heavy (non-hydrogen) atoms. The minimum atomic E-state index is -0.292. The first kappa shape index (κ1) is 16.5. The van der Waals surface area contributed by atoms with Gasteiger partial charge in [-0.2, -0.15) is 10.2 Å². The van der Waals surface area contributed by atoms with E-state index in [1.165, 1.54) is 12.1 Å². The highest BCUT2D eigenvalue weighted by atomic mass is 19.1. The number of aromatic nitrogens is 4. The lowest BCUT2D eigenvalue weighted by Crippen LogP contribution is -2.51. The number of likely N-dealkylation sites (tertiary alicyclic amines) is 1. The average molecular weight is 353 g/mol. The summed E-state index contributed by atoms with van der Waals surface area (Å²) in [5, 5.41) is 8.69. The number of benzene rings is 1. The number of rotatable bonds is 4. The van der Waals surface area contributed by atoms with Gasteiger partial charge < -0.3 is 4.90 Å². The van der Waals surface area contributed by atoms with Gasteiger partial charge in [-0.1, -0.05) is 0 Å². The van der Waals surface area contributed by atoms with Crippen molar-refractivity contribution in [3.63, 3.8) is 0 Å². The van der Waals surface area contributed by atoms with Crippen LogP contribution < -0.4 is 0 Å². The van der Waals surface area contributed by atoms with E-state index in [4.69, 9.17) is 0 Å². The zero-order chi connectivity index (χ0) is 18.3. The normalized spacial score (nSPS) is 14.5. The van der Waals surface area contributed by atoms with E-state index in [2.05, 4.69) is 10.2 Å². The largest absolute Gasteiger partial charge is 0.336 e. The van der Waals surface area contributed by atoms with Crippen molar-refractivity contribution in [2.75, 3.05) is 13.1 Å². The van der Waals surface area contributed by atoms with Crippen LogP contribution in [0.2, 0.25) is 0 Å². The van der Waals surface area contributed by atoms with Gasteiger partial charge >= 0.3 is 0 Å². The van der Waals surface area contributed by atoms with Crippen molar-refractivity contribution >= 4 is 5.91 Å². The fraction of sp³-hybridized carbons (Fsp3) is 0.316. The molecule has 0 atom stereocenters.